The molecule has 0 heterocycles. The van der Waals surface area contributed by atoms with Crippen LogP contribution in [0.3, 0.4) is 0 Å². The van der Waals surface area contributed by atoms with Crippen LogP contribution in [0.1, 0.15) is 28.9 Å². The molecule has 156 valence electrons. The van der Waals surface area contributed by atoms with Crippen molar-refractivity contribution in [2.45, 2.75) is 17.9 Å². The molecule has 0 unspecified atom stereocenters. The summed E-state index contributed by atoms with van der Waals surface area (Å²) in [6, 6.07) is 19.2. The molecule has 0 saturated carbocycles. The van der Waals surface area contributed by atoms with E-state index < -0.39 is 15.9 Å². The lowest BCUT2D eigenvalue weighted by atomic mass is 10.0. The first-order chi connectivity index (χ1) is 14.3. The fourth-order valence-corrected chi connectivity index (χ4v) is 3.75. The third-order valence-corrected chi connectivity index (χ3v) is 6.19. The van der Waals surface area contributed by atoms with Gasteiger partial charge in [0.1, 0.15) is 0 Å². The van der Waals surface area contributed by atoms with Crippen LogP contribution < -0.4 is 15.4 Å². The van der Waals surface area contributed by atoms with Gasteiger partial charge < -0.3 is 10.6 Å². The maximum atomic E-state index is 12.2. The van der Waals surface area contributed by atoms with Gasteiger partial charge in [0.2, 0.25) is 15.9 Å². The van der Waals surface area contributed by atoms with Crippen molar-refractivity contribution >= 4 is 32.6 Å². The Labute approximate surface area is 175 Å². The van der Waals surface area contributed by atoms with Gasteiger partial charge in [0.25, 0.3) is 5.91 Å². The van der Waals surface area contributed by atoms with Gasteiger partial charge in [-0.25, -0.2) is 13.1 Å². The number of rotatable bonds is 7. The number of sulfonamides is 1. The van der Waals surface area contributed by atoms with Crippen LogP contribution in [-0.2, 0) is 14.8 Å². The van der Waals surface area contributed by atoms with Crippen LogP contribution in [0.5, 0.6) is 0 Å². The van der Waals surface area contributed by atoms with Crippen molar-refractivity contribution in [3.63, 3.8) is 0 Å². The maximum absolute atomic E-state index is 12.2. The summed E-state index contributed by atoms with van der Waals surface area (Å²) < 4.78 is 25.7. The Morgan fingerprint density at radius 2 is 1.60 bits per heavy atom. The molecule has 3 rings (SSSR count). The summed E-state index contributed by atoms with van der Waals surface area (Å²) in [6.07, 6.45) is 0. The number of carbonyl (C=O) groups is 2. The number of benzene rings is 3. The highest BCUT2D eigenvalue weighted by atomic mass is 32.2. The Balaban J connectivity index is 1.56. The Morgan fingerprint density at radius 1 is 0.933 bits per heavy atom. The summed E-state index contributed by atoms with van der Waals surface area (Å²) in [5, 5.41) is 7.62. The number of fused-ring (bicyclic) bond motifs is 1. The summed E-state index contributed by atoms with van der Waals surface area (Å²) in [7, 11) is -2.25. The molecule has 0 aliphatic carbocycles. The monoisotopic (exact) mass is 425 g/mol. The van der Waals surface area contributed by atoms with Crippen LogP contribution in [0.15, 0.2) is 71.6 Å². The van der Waals surface area contributed by atoms with Crippen molar-refractivity contribution in [3.05, 3.63) is 77.9 Å². The molecule has 0 bridgehead atoms. The van der Waals surface area contributed by atoms with Gasteiger partial charge >= 0.3 is 0 Å². The zero-order chi connectivity index (χ0) is 21.7. The summed E-state index contributed by atoms with van der Waals surface area (Å²) in [5.41, 5.74) is 1.23. The van der Waals surface area contributed by atoms with Crippen molar-refractivity contribution in [2.24, 2.45) is 0 Å². The molecule has 0 spiro atoms. The molecule has 0 radical (unpaired) electrons. The number of hydrogen-bond donors (Lipinski definition) is 3. The summed E-state index contributed by atoms with van der Waals surface area (Å²) in [5.74, 6) is -0.782. The van der Waals surface area contributed by atoms with E-state index in [-0.39, 0.29) is 29.0 Å². The maximum Gasteiger partial charge on any atom is 0.251 e. The third-order valence-electron chi connectivity index (χ3n) is 4.76. The first-order valence-electron chi connectivity index (χ1n) is 9.40. The average Bonchev–Trinajstić information content (AvgIpc) is 2.77. The van der Waals surface area contributed by atoms with Crippen molar-refractivity contribution in [1.82, 2.24) is 15.4 Å². The van der Waals surface area contributed by atoms with Crippen LogP contribution in [0, 0.1) is 0 Å². The zero-order valence-corrected chi connectivity index (χ0v) is 17.5. The molecular formula is C22H23N3O4S. The highest BCUT2D eigenvalue weighted by Gasteiger charge is 2.14. The molecule has 0 saturated heterocycles. The molecular weight excluding hydrogens is 402 g/mol. The van der Waals surface area contributed by atoms with Gasteiger partial charge in [-0.05, 0) is 60.6 Å². The van der Waals surface area contributed by atoms with E-state index in [9.17, 15) is 18.0 Å². The Bertz CT molecular complexity index is 1170. The predicted octanol–water partition coefficient (Wildman–Crippen LogP) is 2.36. The van der Waals surface area contributed by atoms with Crippen LogP contribution in [0.4, 0.5) is 0 Å². The minimum atomic E-state index is -3.57. The van der Waals surface area contributed by atoms with Gasteiger partial charge in [-0.3, -0.25) is 9.59 Å². The van der Waals surface area contributed by atoms with E-state index in [1.54, 1.807) is 0 Å². The first-order valence-corrected chi connectivity index (χ1v) is 10.9. The Kier molecular flexibility index (Phi) is 6.49. The van der Waals surface area contributed by atoms with Gasteiger partial charge in [0.15, 0.2) is 0 Å². The quantitative estimate of drug-likeness (QED) is 0.540. The van der Waals surface area contributed by atoms with Gasteiger partial charge in [0, 0.05) is 5.56 Å². The fraction of sp³-hybridized carbons (Fsp3) is 0.182. The van der Waals surface area contributed by atoms with Crippen LogP contribution >= 0.6 is 0 Å². The van der Waals surface area contributed by atoms with Gasteiger partial charge in [0.05, 0.1) is 17.5 Å². The van der Waals surface area contributed by atoms with E-state index in [4.69, 9.17) is 0 Å². The smallest absolute Gasteiger partial charge is 0.251 e. The minimum absolute atomic E-state index is 0.0588. The van der Waals surface area contributed by atoms with Crippen molar-refractivity contribution < 1.29 is 18.0 Å². The van der Waals surface area contributed by atoms with E-state index in [2.05, 4.69) is 15.4 Å². The average molecular weight is 426 g/mol. The number of hydrogen-bond acceptors (Lipinski definition) is 4. The predicted molar refractivity (Wildman–Crippen MR) is 116 cm³/mol. The second kappa shape index (κ2) is 9.06. The summed E-state index contributed by atoms with van der Waals surface area (Å²) in [4.78, 5) is 24.5. The molecule has 0 aliphatic rings. The van der Waals surface area contributed by atoms with Crippen molar-refractivity contribution in [2.75, 3.05) is 13.6 Å². The number of amides is 2. The Hall–Kier alpha value is -3.23. The number of carbonyl (C=O) groups excluding carboxylic acids is 2. The fourth-order valence-electron chi connectivity index (χ4n) is 3.02. The second-order valence-corrected chi connectivity index (χ2v) is 8.70. The molecule has 3 aromatic rings. The number of nitrogens with one attached hydrogen (secondary N) is 3. The highest BCUT2D eigenvalue weighted by Crippen LogP contribution is 2.20. The lowest BCUT2D eigenvalue weighted by Gasteiger charge is -2.15. The normalized spacial score (nSPS) is 12.3. The van der Waals surface area contributed by atoms with Crippen LogP contribution in [-0.4, -0.2) is 33.8 Å². The lowest BCUT2D eigenvalue weighted by molar-refractivity contribution is -0.120. The van der Waals surface area contributed by atoms with Gasteiger partial charge in [-0.2, -0.15) is 0 Å². The summed E-state index contributed by atoms with van der Waals surface area (Å²) >= 11 is 0. The molecule has 1 atom stereocenters. The van der Waals surface area contributed by atoms with E-state index >= 15 is 0 Å². The highest BCUT2D eigenvalue weighted by molar-refractivity contribution is 7.89. The summed E-state index contributed by atoms with van der Waals surface area (Å²) in [6.45, 7) is 1.69. The van der Waals surface area contributed by atoms with E-state index in [0.717, 1.165) is 16.3 Å². The molecule has 3 aromatic carbocycles. The molecule has 7 nitrogen and oxygen atoms in total. The topological polar surface area (TPSA) is 104 Å². The lowest BCUT2D eigenvalue weighted by Crippen LogP contribution is -2.38. The molecule has 8 heteroatoms. The van der Waals surface area contributed by atoms with E-state index in [0.29, 0.717) is 0 Å². The molecule has 0 fully saturated rings. The van der Waals surface area contributed by atoms with Crippen LogP contribution in [0.25, 0.3) is 10.8 Å². The van der Waals surface area contributed by atoms with Crippen LogP contribution in [0.2, 0.25) is 0 Å². The van der Waals surface area contributed by atoms with Gasteiger partial charge in [-0.1, -0.05) is 36.4 Å². The second-order valence-electron chi connectivity index (χ2n) is 6.81. The van der Waals surface area contributed by atoms with E-state index in [1.807, 2.05) is 49.4 Å². The molecule has 2 amide bonds. The largest absolute Gasteiger partial charge is 0.348 e. The SMILES string of the molecule is CNS(=O)(=O)c1ccc(C(=O)NCC(=O)N[C@H](C)c2ccc3ccccc3c2)cc1. The van der Waals surface area contributed by atoms with Crippen molar-refractivity contribution in [3.8, 4) is 0 Å². The first kappa shape index (κ1) is 21.5. The standard InChI is InChI=1S/C22H23N3O4S/c1-15(18-8-7-16-5-3-4-6-19(16)13-18)25-21(26)14-24-22(27)17-9-11-20(12-10-17)30(28,29)23-2/h3-13,15,23H,14H2,1-2H3,(H,24,27)(H,25,26)/t15-/m1/s1. The zero-order valence-electron chi connectivity index (χ0n) is 16.7. The molecule has 0 aliphatic heterocycles. The van der Waals surface area contributed by atoms with Crippen molar-refractivity contribution in [1.29, 1.82) is 0 Å². The van der Waals surface area contributed by atoms with E-state index in [1.165, 1.54) is 31.3 Å². The Morgan fingerprint density at radius 3 is 2.27 bits per heavy atom. The molecule has 3 N–H and O–H groups in total. The van der Waals surface area contributed by atoms with Gasteiger partial charge in [-0.15, -0.1) is 0 Å². The third kappa shape index (κ3) is 5.03. The minimum Gasteiger partial charge on any atom is -0.348 e. The molecule has 0 aromatic heterocycles. The molecule has 30 heavy (non-hydrogen) atoms.